The van der Waals surface area contributed by atoms with Crippen LogP contribution in [-0.4, -0.2) is 30.6 Å². The Morgan fingerprint density at radius 2 is 1.90 bits per heavy atom. The Morgan fingerprint density at radius 3 is 2.65 bits per heavy atom. The lowest BCUT2D eigenvalue weighted by molar-refractivity contribution is 0.117. The van der Waals surface area contributed by atoms with Crippen molar-refractivity contribution in [1.29, 1.82) is 0 Å². The van der Waals surface area contributed by atoms with E-state index in [4.69, 9.17) is 0 Å². The van der Waals surface area contributed by atoms with Gasteiger partial charge in [-0.2, -0.15) is 0 Å². The number of likely N-dealkylation sites (tertiary alicyclic amines) is 1. The highest BCUT2D eigenvalue weighted by atomic mass is 15.2. The third kappa shape index (κ3) is 4.32. The molecule has 1 saturated heterocycles. The molecular formula is C18H30N2. The number of hydrogen-bond donors (Lipinski definition) is 1. The van der Waals surface area contributed by atoms with Gasteiger partial charge in [-0.25, -0.2) is 0 Å². The van der Waals surface area contributed by atoms with E-state index < -0.39 is 0 Å². The second-order valence-corrected chi connectivity index (χ2v) is 6.33. The van der Waals surface area contributed by atoms with Gasteiger partial charge in [-0.15, -0.1) is 0 Å². The summed E-state index contributed by atoms with van der Waals surface area (Å²) in [6, 6.07) is 9.70. The Morgan fingerprint density at radius 1 is 1.15 bits per heavy atom. The van der Waals surface area contributed by atoms with Crippen molar-refractivity contribution in [1.82, 2.24) is 10.2 Å². The number of piperidine rings is 1. The van der Waals surface area contributed by atoms with Crippen molar-refractivity contribution >= 4 is 0 Å². The van der Waals surface area contributed by atoms with Crippen molar-refractivity contribution in [2.75, 3.05) is 19.6 Å². The lowest BCUT2D eigenvalue weighted by Crippen LogP contribution is -2.40. The molecule has 1 aliphatic heterocycles. The zero-order valence-electron chi connectivity index (χ0n) is 13.4. The Hall–Kier alpha value is -0.860. The van der Waals surface area contributed by atoms with Gasteiger partial charge in [0, 0.05) is 19.1 Å². The van der Waals surface area contributed by atoms with Crippen molar-refractivity contribution < 1.29 is 0 Å². The summed E-state index contributed by atoms with van der Waals surface area (Å²) in [5.74, 6) is 0.847. The molecule has 0 aromatic heterocycles. The molecule has 1 heterocycles. The van der Waals surface area contributed by atoms with Crippen LogP contribution in [0.1, 0.15) is 44.7 Å². The number of likely N-dealkylation sites (N-methyl/N-ethyl adjacent to an activating group) is 1. The first-order chi connectivity index (χ1) is 9.70. The lowest BCUT2D eigenvalue weighted by Gasteiger charge is -2.37. The van der Waals surface area contributed by atoms with Gasteiger partial charge in [-0.3, -0.25) is 4.90 Å². The van der Waals surface area contributed by atoms with Crippen molar-refractivity contribution in [2.45, 2.75) is 52.6 Å². The smallest absolute Gasteiger partial charge is 0.0239 e. The van der Waals surface area contributed by atoms with Gasteiger partial charge in [0.1, 0.15) is 0 Å². The average Bonchev–Trinajstić information content (AvgIpc) is 2.45. The summed E-state index contributed by atoms with van der Waals surface area (Å²) in [6.45, 7) is 11.4. The first-order valence-corrected chi connectivity index (χ1v) is 8.22. The van der Waals surface area contributed by atoms with E-state index in [9.17, 15) is 0 Å². The summed E-state index contributed by atoms with van der Waals surface area (Å²) < 4.78 is 0. The van der Waals surface area contributed by atoms with Gasteiger partial charge in [0.25, 0.3) is 0 Å². The van der Waals surface area contributed by atoms with Crippen LogP contribution < -0.4 is 5.32 Å². The Balaban J connectivity index is 2.00. The van der Waals surface area contributed by atoms with Gasteiger partial charge in [0.05, 0.1) is 0 Å². The van der Waals surface area contributed by atoms with E-state index >= 15 is 0 Å². The highest BCUT2D eigenvalue weighted by Crippen LogP contribution is 2.24. The predicted molar refractivity (Wildman–Crippen MR) is 87.0 cm³/mol. The molecular weight excluding hydrogens is 244 g/mol. The summed E-state index contributed by atoms with van der Waals surface area (Å²) in [5, 5.41) is 3.43. The van der Waals surface area contributed by atoms with Crippen LogP contribution >= 0.6 is 0 Å². The molecule has 0 amide bonds. The maximum atomic E-state index is 3.43. The number of benzene rings is 1. The van der Waals surface area contributed by atoms with Gasteiger partial charge < -0.3 is 5.32 Å². The van der Waals surface area contributed by atoms with E-state index in [0.29, 0.717) is 0 Å². The second kappa shape index (κ2) is 7.80. The summed E-state index contributed by atoms with van der Waals surface area (Å²) in [6.07, 6.45) is 3.88. The molecule has 1 aliphatic rings. The Bertz CT molecular complexity index is 402. The molecule has 2 unspecified atom stereocenters. The first-order valence-electron chi connectivity index (χ1n) is 8.22. The maximum absolute atomic E-state index is 3.43. The monoisotopic (exact) mass is 274 g/mol. The Labute approximate surface area is 124 Å². The molecule has 2 heteroatoms. The molecule has 2 atom stereocenters. The van der Waals surface area contributed by atoms with Crippen molar-refractivity contribution in [3.63, 3.8) is 0 Å². The molecule has 0 bridgehead atoms. The molecule has 0 radical (unpaired) electrons. The quantitative estimate of drug-likeness (QED) is 0.799. The van der Waals surface area contributed by atoms with Gasteiger partial charge >= 0.3 is 0 Å². The maximum Gasteiger partial charge on any atom is 0.0239 e. The second-order valence-electron chi connectivity index (χ2n) is 6.33. The van der Waals surface area contributed by atoms with Gasteiger partial charge in [-0.05, 0) is 56.3 Å². The Kier molecular flexibility index (Phi) is 6.06. The fourth-order valence-electron chi connectivity index (χ4n) is 3.17. The zero-order chi connectivity index (χ0) is 14.4. The van der Waals surface area contributed by atoms with E-state index in [2.05, 4.69) is 55.3 Å². The zero-order valence-corrected chi connectivity index (χ0v) is 13.4. The molecule has 2 rings (SSSR count). The average molecular weight is 274 g/mol. The van der Waals surface area contributed by atoms with Gasteiger partial charge in [-0.1, -0.05) is 38.1 Å². The molecule has 0 spiro atoms. The summed E-state index contributed by atoms with van der Waals surface area (Å²) >= 11 is 0. The minimum absolute atomic E-state index is 0.730. The van der Waals surface area contributed by atoms with Crippen LogP contribution in [0.3, 0.4) is 0 Å². The third-order valence-electron chi connectivity index (χ3n) is 4.56. The van der Waals surface area contributed by atoms with E-state index in [1.807, 2.05) is 0 Å². The van der Waals surface area contributed by atoms with Crippen LogP contribution in [0.25, 0.3) is 0 Å². The summed E-state index contributed by atoms with van der Waals surface area (Å²) in [7, 11) is 0. The fraction of sp³-hybridized carbons (Fsp3) is 0.667. The largest absolute Gasteiger partial charge is 0.317 e. The standard InChI is InChI=1S/C18H30N2/c1-4-19-12-11-17-7-5-6-8-18(17)14-20-13-15(2)9-10-16(20)3/h5-8,15-16,19H,4,9-14H2,1-3H3. The van der Waals surface area contributed by atoms with Crippen LogP contribution in [0.2, 0.25) is 0 Å². The highest BCUT2D eigenvalue weighted by Gasteiger charge is 2.23. The van der Waals surface area contributed by atoms with E-state index in [1.54, 1.807) is 0 Å². The van der Waals surface area contributed by atoms with Crippen LogP contribution in [0, 0.1) is 5.92 Å². The molecule has 0 aliphatic carbocycles. The van der Waals surface area contributed by atoms with E-state index in [-0.39, 0.29) is 0 Å². The molecule has 20 heavy (non-hydrogen) atoms. The molecule has 1 aromatic rings. The molecule has 1 fully saturated rings. The third-order valence-corrected chi connectivity index (χ3v) is 4.56. The molecule has 112 valence electrons. The first kappa shape index (κ1) is 15.5. The molecule has 1 N–H and O–H groups in total. The number of hydrogen-bond acceptors (Lipinski definition) is 2. The lowest BCUT2D eigenvalue weighted by atomic mass is 9.94. The number of rotatable bonds is 6. The molecule has 2 nitrogen and oxygen atoms in total. The minimum atomic E-state index is 0.730. The number of nitrogens with zero attached hydrogens (tertiary/aromatic N) is 1. The normalized spacial score (nSPS) is 23.9. The van der Waals surface area contributed by atoms with Crippen molar-refractivity contribution in [2.24, 2.45) is 5.92 Å². The van der Waals surface area contributed by atoms with Gasteiger partial charge in [0.15, 0.2) is 0 Å². The minimum Gasteiger partial charge on any atom is -0.317 e. The van der Waals surface area contributed by atoms with Crippen molar-refractivity contribution in [3.8, 4) is 0 Å². The number of nitrogens with one attached hydrogen (secondary N) is 1. The highest BCUT2D eigenvalue weighted by molar-refractivity contribution is 5.27. The predicted octanol–water partition coefficient (Wildman–Crippen LogP) is 3.46. The van der Waals surface area contributed by atoms with Crippen molar-refractivity contribution in [3.05, 3.63) is 35.4 Å². The van der Waals surface area contributed by atoms with Crippen LogP contribution in [0.4, 0.5) is 0 Å². The topological polar surface area (TPSA) is 15.3 Å². The van der Waals surface area contributed by atoms with Crippen LogP contribution in [0.5, 0.6) is 0 Å². The summed E-state index contributed by atoms with van der Waals surface area (Å²) in [4.78, 5) is 2.67. The summed E-state index contributed by atoms with van der Waals surface area (Å²) in [5.41, 5.74) is 3.03. The fourth-order valence-corrected chi connectivity index (χ4v) is 3.17. The molecule has 1 aromatic carbocycles. The van der Waals surface area contributed by atoms with Crippen LogP contribution in [-0.2, 0) is 13.0 Å². The van der Waals surface area contributed by atoms with Gasteiger partial charge in [0.2, 0.25) is 0 Å². The van der Waals surface area contributed by atoms with Crippen LogP contribution in [0.15, 0.2) is 24.3 Å². The SMILES string of the molecule is CCNCCc1ccccc1CN1CC(C)CCC1C. The van der Waals surface area contributed by atoms with E-state index in [0.717, 1.165) is 38.0 Å². The molecule has 0 saturated carbocycles. The van der Waals surface area contributed by atoms with E-state index in [1.165, 1.54) is 30.5 Å².